The third-order valence-electron chi connectivity index (χ3n) is 10.2. The molecule has 1 saturated heterocycles. The fourth-order valence-corrected chi connectivity index (χ4v) is 6.57. The lowest BCUT2D eigenvalue weighted by Gasteiger charge is -2.40. The molecule has 0 bridgehead atoms. The van der Waals surface area contributed by atoms with E-state index in [4.69, 9.17) is 9.47 Å². The summed E-state index contributed by atoms with van der Waals surface area (Å²) in [5.41, 5.74) is 0. The first kappa shape index (κ1) is 50.3. The van der Waals surface area contributed by atoms with Gasteiger partial charge in [0.1, 0.15) is 36.6 Å². The number of aliphatic hydroxyl groups excluding tert-OH is 7. The van der Waals surface area contributed by atoms with Gasteiger partial charge in [-0.15, -0.1) is 0 Å². The minimum Gasteiger partial charge on any atom is -0.394 e. The van der Waals surface area contributed by atoms with E-state index in [1.54, 1.807) is 0 Å². The number of hydrogen-bond acceptors (Lipinski definition) is 10. The van der Waals surface area contributed by atoms with Crippen LogP contribution in [-0.4, -0.2) is 110 Å². The number of rotatable bonds is 34. The van der Waals surface area contributed by atoms with Gasteiger partial charge in [-0.25, -0.2) is 0 Å². The quantitative estimate of drug-likeness (QED) is 0.0283. The van der Waals surface area contributed by atoms with Crippen LogP contribution >= 0.6 is 0 Å². The zero-order valence-corrected chi connectivity index (χ0v) is 33.7. The second kappa shape index (κ2) is 33.5. The number of ether oxygens (including phenoxy) is 2. The first-order valence-electron chi connectivity index (χ1n) is 21.4. The summed E-state index contributed by atoms with van der Waals surface area (Å²) >= 11 is 0. The Morgan fingerprint density at radius 2 is 1.17 bits per heavy atom. The van der Waals surface area contributed by atoms with Gasteiger partial charge in [0.2, 0.25) is 5.91 Å². The molecule has 1 rings (SSSR count). The maximum absolute atomic E-state index is 13.0. The van der Waals surface area contributed by atoms with Crippen molar-refractivity contribution in [2.24, 2.45) is 0 Å². The van der Waals surface area contributed by atoms with Crippen LogP contribution in [0.3, 0.4) is 0 Å². The van der Waals surface area contributed by atoms with Crippen molar-refractivity contribution in [2.45, 2.75) is 217 Å². The van der Waals surface area contributed by atoms with Crippen LogP contribution < -0.4 is 5.32 Å². The first-order chi connectivity index (χ1) is 26.2. The van der Waals surface area contributed by atoms with Gasteiger partial charge in [-0.05, 0) is 70.6 Å². The molecule has 11 nitrogen and oxygen atoms in total. The fourth-order valence-electron chi connectivity index (χ4n) is 6.57. The predicted octanol–water partition coefficient (Wildman–Crippen LogP) is 6.05. The van der Waals surface area contributed by atoms with Crippen LogP contribution in [0.1, 0.15) is 162 Å². The van der Waals surface area contributed by atoms with E-state index in [-0.39, 0.29) is 12.8 Å². The minimum atomic E-state index is -1.67. The molecule has 0 spiro atoms. The molecule has 1 fully saturated rings. The Morgan fingerprint density at radius 3 is 1.74 bits per heavy atom. The molecule has 9 atom stereocenters. The molecule has 1 aliphatic heterocycles. The summed E-state index contributed by atoms with van der Waals surface area (Å²) in [5.74, 6) is -0.720. The predicted molar refractivity (Wildman–Crippen MR) is 215 cm³/mol. The molecule has 0 aromatic rings. The molecule has 1 heterocycles. The number of allylic oxidation sites excluding steroid dienone is 6. The molecule has 0 saturated carbocycles. The molecule has 316 valence electrons. The summed E-state index contributed by atoms with van der Waals surface area (Å²) in [7, 11) is 0. The lowest BCUT2D eigenvalue weighted by molar-refractivity contribution is -0.303. The van der Waals surface area contributed by atoms with Crippen LogP contribution in [0.5, 0.6) is 0 Å². The molecule has 54 heavy (non-hydrogen) atoms. The maximum atomic E-state index is 13.0. The van der Waals surface area contributed by atoms with Crippen molar-refractivity contribution in [2.75, 3.05) is 13.2 Å². The molecule has 9 unspecified atom stereocenters. The lowest BCUT2D eigenvalue weighted by Crippen LogP contribution is -2.60. The zero-order valence-electron chi connectivity index (χ0n) is 33.7. The molecular formula is C43H79NO10. The van der Waals surface area contributed by atoms with Gasteiger partial charge < -0.3 is 50.5 Å². The number of nitrogens with one attached hydrogen (secondary N) is 1. The summed E-state index contributed by atoms with van der Waals surface area (Å²) in [4.78, 5) is 13.0. The Balaban J connectivity index is 2.47. The number of unbranched alkanes of at least 4 members (excludes halogenated alkanes) is 16. The van der Waals surface area contributed by atoms with Gasteiger partial charge in [-0.3, -0.25) is 4.79 Å². The van der Waals surface area contributed by atoms with Crippen molar-refractivity contribution in [1.82, 2.24) is 5.32 Å². The zero-order chi connectivity index (χ0) is 39.8. The largest absolute Gasteiger partial charge is 0.394 e. The van der Waals surface area contributed by atoms with Crippen molar-refractivity contribution in [1.29, 1.82) is 0 Å². The summed E-state index contributed by atoms with van der Waals surface area (Å²) in [5, 5.41) is 75.2. The maximum Gasteiger partial charge on any atom is 0.249 e. The second-order valence-electron chi connectivity index (χ2n) is 15.0. The van der Waals surface area contributed by atoms with E-state index >= 15 is 0 Å². The van der Waals surface area contributed by atoms with Gasteiger partial charge >= 0.3 is 0 Å². The van der Waals surface area contributed by atoms with E-state index in [9.17, 15) is 40.5 Å². The summed E-state index contributed by atoms with van der Waals surface area (Å²) in [6.07, 6.45) is 25.1. The van der Waals surface area contributed by atoms with Gasteiger partial charge in [-0.1, -0.05) is 127 Å². The summed E-state index contributed by atoms with van der Waals surface area (Å²) < 4.78 is 11.0. The van der Waals surface area contributed by atoms with E-state index in [1.807, 2.05) is 6.08 Å². The third kappa shape index (κ3) is 23.4. The van der Waals surface area contributed by atoms with E-state index in [2.05, 4.69) is 49.5 Å². The normalized spacial score (nSPS) is 23.0. The van der Waals surface area contributed by atoms with Crippen LogP contribution in [-0.2, 0) is 14.3 Å². The van der Waals surface area contributed by atoms with Crippen LogP contribution in [0, 0.1) is 0 Å². The van der Waals surface area contributed by atoms with Gasteiger partial charge in [-0.2, -0.15) is 0 Å². The lowest BCUT2D eigenvalue weighted by atomic mass is 9.98. The molecule has 11 heteroatoms. The van der Waals surface area contributed by atoms with Gasteiger partial charge in [0.05, 0.1) is 25.4 Å². The van der Waals surface area contributed by atoms with E-state index in [0.717, 1.165) is 57.8 Å². The number of carbonyl (C=O) groups is 1. The van der Waals surface area contributed by atoms with Gasteiger partial charge in [0.15, 0.2) is 6.29 Å². The van der Waals surface area contributed by atoms with Crippen molar-refractivity contribution in [3.05, 3.63) is 36.5 Å². The Hall–Kier alpha value is -1.67. The van der Waals surface area contributed by atoms with Crippen LogP contribution in [0.25, 0.3) is 0 Å². The molecule has 0 aromatic carbocycles. The Bertz CT molecular complexity index is 976. The van der Waals surface area contributed by atoms with Crippen LogP contribution in [0.2, 0.25) is 0 Å². The fraction of sp³-hybridized carbons (Fsp3) is 0.837. The molecule has 0 aliphatic carbocycles. The highest BCUT2D eigenvalue weighted by Gasteiger charge is 2.44. The Morgan fingerprint density at radius 1 is 0.648 bits per heavy atom. The van der Waals surface area contributed by atoms with E-state index in [1.165, 1.54) is 57.8 Å². The van der Waals surface area contributed by atoms with Crippen molar-refractivity contribution in [3.8, 4) is 0 Å². The monoisotopic (exact) mass is 770 g/mol. The molecule has 1 aliphatic rings. The number of hydrogen-bond donors (Lipinski definition) is 8. The molecular weight excluding hydrogens is 690 g/mol. The Kier molecular flexibility index (Phi) is 31.2. The number of carbonyl (C=O) groups excluding carboxylic acids is 1. The second-order valence-corrected chi connectivity index (χ2v) is 15.0. The van der Waals surface area contributed by atoms with Crippen LogP contribution in [0.4, 0.5) is 0 Å². The molecule has 0 radical (unpaired) electrons. The first-order valence-corrected chi connectivity index (χ1v) is 21.4. The van der Waals surface area contributed by atoms with Crippen molar-refractivity contribution < 1.29 is 50.0 Å². The third-order valence-corrected chi connectivity index (χ3v) is 10.2. The van der Waals surface area contributed by atoms with E-state index < -0.39 is 74.2 Å². The van der Waals surface area contributed by atoms with E-state index in [0.29, 0.717) is 19.3 Å². The average molecular weight is 770 g/mol. The number of aliphatic hydroxyl groups is 7. The summed E-state index contributed by atoms with van der Waals surface area (Å²) in [6.45, 7) is 3.26. The molecule has 0 aromatic heterocycles. The standard InChI is InChI=1S/C43H79NO10/c1-3-5-7-9-11-13-14-15-16-17-18-19-20-21-23-25-27-29-31-36(47)42(52)44-34(33-53-43-41(51)40(50)39(49)37(32-45)54-43)38(48)35(46)30-28-26-24-22-12-10-8-6-4-2/h6,8,17-18,22,24,34-41,43,45-51H,3-5,7,9-16,19-21,23,25-33H2,1-2H3,(H,44,52)/b8-6+,18-17-,24-22+. The SMILES string of the molecule is CC/C=C/CC/C=C/CCCC(O)C(O)C(COC1OC(CO)C(O)C(O)C1O)NC(=O)C(O)CCCCCCCC/C=C\CCCCCCCCCC. The van der Waals surface area contributed by atoms with Crippen LogP contribution in [0.15, 0.2) is 36.5 Å². The Labute approximate surface area is 326 Å². The number of amides is 1. The highest BCUT2D eigenvalue weighted by molar-refractivity contribution is 5.80. The highest BCUT2D eigenvalue weighted by Crippen LogP contribution is 2.23. The van der Waals surface area contributed by atoms with Gasteiger partial charge in [0, 0.05) is 0 Å². The topological polar surface area (TPSA) is 189 Å². The minimum absolute atomic E-state index is 0.242. The van der Waals surface area contributed by atoms with Crippen molar-refractivity contribution >= 4 is 5.91 Å². The molecule has 1 amide bonds. The van der Waals surface area contributed by atoms with Gasteiger partial charge in [0.25, 0.3) is 0 Å². The average Bonchev–Trinajstić information content (AvgIpc) is 3.17. The molecule has 8 N–H and O–H groups in total. The summed E-state index contributed by atoms with van der Waals surface area (Å²) in [6, 6.07) is -1.19. The smallest absolute Gasteiger partial charge is 0.249 e. The highest BCUT2D eigenvalue weighted by atomic mass is 16.7. The van der Waals surface area contributed by atoms with Crippen molar-refractivity contribution in [3.63, 3.8) is 0 Å².